The molecule has 2 aliphatic rings. The van der Waals surface area contributed by atoms with Gasteiger partial charge in [-0.3, -0.25) is 9.69 Å². The van der Waals surface area contributed by atoms with Crippen molar-refractivity contribution in [3.8, 4) is 0 Å². The second-order valence-corrected chi connectivity index (χ2v) is 4.36. The molecule has 0 N–H and O–H groups in total. The predicted octanol–water partition coefficient (Wildman–Crippen LogP) is 0.704. The lowest BCUT2D eigenvalue weighted by Gasteiger charge is -2.22. The van der Waals surface area contributed by atoms with Crippen molar-refractivity contribution in [1.29, 1.82) is 0 Å². The van der Waals surface area contributed by atoms with Crippen LogP contribution in [0.3, 0.4) is 0 Å². The van der Waals surface area contributed by atoms with E-state index < -0.39 is 24.1 Å². The Morgan fingerprint density at radius 2 is 1.83 bits per heavy atom. The zero-order chi connectivity index (χ0) is 13.3. The van der Waals surface area contributed by atoms with Crippen molar-refractivity contribution in [2.24, 2.45) is 0 Å². The van der Waals surface area contributed by atoms with Gasteiger partial charge < -0.3 is 4.84 Å². The van der Waals surface area contributed by atoms with E-state index in [-0.39, 0.29) is 6.54 Å². The van der Waals surface area contributed by atoms with Crippen LogP contribution in [0.5, 0.6) is 0 Å². The van der Waals surface area contributed by atoms with Gasteiger partial charge in [-0.1, -0.05) is 0 Å². The zero-order valence-electron chi connectivity index (χ0n) is 9.57. The second-order valence-electron chi connectivity index (χ2n) is 4.36. The van der Waals surface area contributed by atoms with Gasteiger partial charge in [0.15, 0.2) is 0 Å². The topological polar surface area (TPSA) is 49.9 Å². The van der Waals surface area contributed by atoms with Crippen molar-refractivity contribution in [2.75, 3.05) is 19.6 Å². The first-order valence-corrected chi connectivity index (χ1v) is 5.74. The van der Waals surface area contributed by atoms with E-state index in [0.29, 0.717) is 11.5 Å². The standard InChI is InChI=1S/C10H13F3N2O3/c11-10(12,13)9(17)18-15-6-3-7(8(15)16)14-4-1-2-5-14/h7H,1-6H2. The molecule has 18 heavy (non-hydrogen) atoms. The minimum atomic E-state index is -5.08. The van der Waals surface area contributed by atoms with E-state index in [2.05, 4.69) is 4.84 Å². The first kappa shape index (κ1) is 13.1. The molecule has 0 aromatic heterocycles. The highest BCUT2D eigenvalue weighted by Crippen LogP contribution is 2.24. The maximum atomic E-state index is 12.0. The first-order valence-electron chi connectivity index (χ1n) is 5.74. The van der Waals surface area contributed by atoms with Crippen LogP contribution in [0.25, 0.3) is 0 Å². The fourth-order valence-electron chi connectivity index (χ4n) is 2.27. The maximum absolute atomic E-state index is 12.0. The number of hydrogen-bond acceptors (Lipinski definition) is 4. The summed E-state index contributed by atoms with van der Waals surface area (Å²) in [5.74, 6) is -2.91. The number of rotatable bonds is 2. The Bertz CT molecular complexity index is 353. The number of carbonyl (C=O) groups is 2. The molecular formula is C10H13F3N2O3. The van der Waals surface area contributed by atoms with Crippen LogP contribution in [0, 0.1) is 0 Å². The van der Waals surface area contributed by atoms with E-state index in [0.717, 1.165) is 25.9 Å². The lowest BCUT2D eigenvalue weighted by Crippen LogP contribution is -2.42. The molecule has 0 spiro atoms. The quantitative estimate of drug-likeness (QED) is 0.738. The number of hydrogen-bond donors (Lipinski definition) is 0. The molecule has 2 fully saturated rings. The smallest absolute Gasteiger partial charge is 0.330 e. The minimum absolute atomic E-state index is 0.0157. The summed E-state index contributed by atoms with van der Waals surface area (Å²) in [6.45, 7) is 1.54. The van der Waals surface area contributed by atoms with E-state index in [1.165, 1.54) is 0 Å². The Morgan fingerprint density at radius 3 is 2.39 bits per heavy atom. The number of likely N-dealkylation sites (tertiary alicyclic amines) is 1. The Morgan fingerprint density at radius 1 is 1.22 bits per heavy atom. The molecule has 1 amide bonds. The summed E-state index contributed by atoms with van der Waals surface area (Å²) < 4.78 is 36.0. The Balaban J connectivity index is 1.93. The molecular weight excluding hydrogens is 253 g/mol. The molecule has 1 atom stereocenters. The third kappa shape index (κ3) is 2.58. The number of amides is 1. The van der Waals surface area contributed by atoms with Crippen LogP contribution in [0.15, 0.2) is 0 Å². The number of alkyl halides is 3. The van der Waals surface area contributed by atoms with Crippen molar-refractivity contribution >= 4 is 11.9 Å². The molecule has 1 unspecified atom stereocenters. The summed E-state index contributed by atoms with van der Waals surface area (Å²) in [5.41, 5.74) is 0. The molecule has 2 saturated heterocycles. The highest BCUT2D eigenvalue weighted by atomic mass is 19.4. The van der Waals surface area contributed by atoms with Crippen LogP contribution in [-0.4, -0.2) is 53.7 Å². The van der Waals surface area contributed by atoms with E-state index in [1.54, 1.807) is 0 Å². The van der Waals surface area contributed by atoms with Gasteiger partial charge in [0.2, 0.25) is 0 Å². The van der Waals surface area contributed by atoms with Crippen LogP contribution in [0.2, 0.25) is 0 Å². The molecule has 0 aromatic carbocycles. The largest absolute Gasteiger partial charge is 0.493 e. The van der Waals surface area contributed by atoms with Crippen molar-refractivity contribution in [3.63, 3.8) is 0 Å². The highest BCUT2D eigenvalue weighted by Gasteiger charge is 2.46. The minimum Gasteiger partial charge on any atom is -0.330 e. The van der Waals surface area contributed by atoms with Crippen molar-refractivity contribution < 1.29 is 27.6 Å². The molecule has 2 aliphatic heterocycles. The monoisotopic (exact) mass is 266 g/mol. The fraction of sp³-hybridized carbons (Fsp3) is 0.800. The fourth-order valence-corrected chi connectivity index (χ4v) is 2.27. The number of halogens is 3. The van der Waals surface area contributed by atoms with Crippen LogP contribution >= 0.6 is 0 Å². The van der Waals surface area contributed by atoms with Gasteiger partial charge in [-0.25, -0.2) is 4.79 Å². The number of carbonyl (C=O) groups excluding carboxylic acids is 2. The average Bonchev–Trinajstić information content (AvgIpc) is 2.88. The van der Waals surface area contributed by atoms with E-state index in [9.17, 15) is 22.8 Å². The molecule has 0 bridgehead atoms. The van der Waals surface area contributed by atoms with E-state index >= 15 is 0 Å². The molecule has 8 heteroatoms. The molecule has 0 radical (unpaired) electrons. The molecule has 0 aromatic rings. The Kier molecular flexibility index (Phi) is 3.47. The van der Waals surface area contributed by atoms with Gasteiger partial charge in [-0.2, -0.15) is 18.2 Å². The van der Waals surface area contributed by atoms with E-state index in [4.69, 9.17) is 0 Å². The third-order valence-corrected chi connectivity index (χ3v) is 3.14. The summed E-state index contributed by atoms with van der Waals surface area (Å²) in [6, 6.07) is -0.450. The molecule has 102 valence electrons. The highest BCUT2D eigenvalue weighted by molar-refractivity contribution is 5.85. The average molecular weight is 266 g/mol. The van der Waals surface area contributed by atoms with Crippen LogP contribution in [0.4, 0.5) is 13.2 Å². The van der Waals surface area contributed by atoms with Crippen LogP contribution in [0.1, 0.15) is 19.3 Å². The Labute approximate surface area is 101 Å². The molecule has 0 aliphatic carbocycles. The van der Waals surface area contributed by atoms with Gasteiger partial charge in [0.1, 0.15) is 0 Å². The molecule has 0 saturated carbocycles. The molecule has 2 rings (SSSR count). The van der Waals surface area contributed by atoms with Crippen molar-refractivity contribution in [3.05, 3.63) is 0 Å². The second kappa shape index (κ2) is 4.75. The molecule has 5 nitrogen and oxygen atoms in total. The maximum Gasteiger partial charge on any atom is 0.493 e. The van der Waals surface area contributed by atoms with E-state index in [1.807, 2.05) is 4.90 Å². The zero-order valence-corrected chi connectivity index (χ0v) is 9.57. The Hall–Kier alpha value is -1.31. The van der Waals surface area contributed by atoms with Gasteiger partial charge in [-0.05, 0) is 32.4 Å². The summed E-state index contributed by atoms with van der Waals surface area (Å²) >= 11 is 0. The SMILES string of the molecule is O=C1C(N2CCCC2)CCN1OC(=O)C(F)(F)F. The summed E-state index contributed by atoms with van der Waals surface area (Å²) in [4.78, 5) is 28.4. The summed E-state index contributed by atoms with van der Waals surface area (Å²) in [7, 11) is 0. The van der Waals surface area contributed by atoms with Gasteiger partial charge in [0.25, 0.3) is 5.91 Å². The van der Waals surface area contributed by atoms with Gasteiger partial charge >= 0.3 is 12.1 Å². The summed E-state index contributed by atoms with van der Waals surface area (Å²) in [6.07, 6.45) is -2.73. The lowest BCUT2D eigenvalue weighted by molar-refractivity contribution is -0.234. The number of nitrogens with zero attached hydrogens (tertiary/aromatic N) is 2. The van der Waals surface area contributed by atoms with Crippen LogP contribution in [-0.2, 0) is 14.4 Å². The van der Waals surface area contributed by atoms with Gasteiger partial charge in [0, 0.05) is 0 Å². The van der Waals surface area contributed by atoms with Gasteiger partial charge in [-0.15, -0.1) is 0 Å². The number of hydroxylamine groups is 2. The van der Waals surface area contributed by atoms with Crippen LogP contribution < -0.4 is 0 Å². The first-order chi connectivity index (χ1) is 8.39. The van der Waals surface area contributed by atoms with Crippen molar-refractivity contribution in [1.82, 2.24) is 9.96 Å². The lowest BCUT2D eigenvalue weighted by atomic mass is 10.2. The third-order valence-electron chi connectivity index (χ3n) is 3.14. The molecule has 2 heterocycles. The van der Waals surface area contributed by atoms with Gasteiger partial charge in [0.05, 0.1) is 12.6 Å². The predicted molar refractivity (Wildman–Crippen MR) is 53.1 cm³/mol. The van der Waals surface area contributed by atoms with Crippen molar-refractivity contribution in [2.45, 2.75) is 31.5 Å². The normalized spacial score (nSPS) is 25.8. The summed E-state index contributed by atoms with van der Waals surface area (Å²) in [5, 5.41) is 0.527.